The van der Waals surface area contributed by atoms with Crippen molar-refractivity contribution in [1.29, 1.82) is 0 Å². The summed E-state index contributed by atoms with van der Waals surface area (Å²) in [7, 11) is 2.02. The summed E-state index contributed by atoms with van der Waals surface area (Å²) in [5.41, 5.74) is -0.403. The van der Waals surface area contributed by atoms with Crippen LogP contribution in [0.5, 0.6) is 0 Å². The molecule has 1 aromatic heterocycles. The maximum Gasteiger partial charge on any atom is 0.354 e. The summed E-state index contributed by atoms with van der Waals surface area (Å²) >= 11 is 0. The molecule has 0 amide bonds. The lowest BCUT2D eigenvalue weighted by Crippen LogP contribution is -2.37. The van der Waals surface area contributed by atoms with E-state index < -0.39 is 10.9 Å². The molecule has 1 aliphatic heterocycles. The molecule has 0 bridgehead atoms. The highest BCUT2D eigenvalue weighted by Crippen LogP contribution is 2.24. The molecule has 108 valence electrons. The van der Waals surface area contributed by atoms with E-state index in [1.54, 1.807) is 0 Å². The van der Waals surface area contributed by atoms with Gasteiger partial charge in [0.05, 0.1) is 4.92 Å². The maximum atomic E-state index is 11.0. The molecule has 8 nitrogen and oxygen atoms in total. The van der Waals surface area contributed by atoms with Crippen LogP contribution in [0.2, 0.25) is 0 Å². The Bertz CT molecular complexity index is 526. The highest BCUT2D eigenvalue weighted by molar-refractivity contribution is 5.86. The number of piperidine rings is 1. The number of aromatic carboxylic acids is 1. The van der Waals surface area contributed by atoms with Gasteiger partial charge in [-0.3, -0.25) is 10.1 Å². The van der Waals surface area contributed by atoms with Crippen molar-refractivity contribution in [3.05, 3.63) is 27.9 Å². The van der Waals surface area contributed by atoms with E-state index >= 15 is 0 Å². The summed E-state index contributed by atoms with van der Waals surface area (Å²) in [6.07, 6.45) is 1.68. The van der Waals surface area contributed by atoms with E-state index in [1.807, 2.05) is 7.05 Å². The number of pyridine rings is 1. The summed E-state index contributed by atoms with van der Waals surface area (Å²) in [5.74, 6) is -1.17. The van der Waals surface area contributed by atoms with Crippen molar-refractivity contribution < 1.29 is 14.8 Å². The first-order valence-corrected chi connectivity index (χ1v) is 6.31. The molecule has 0 aromatic carbocycles. The molecule has 0 saturated carbocycles. The Kier molecular flexibility index (Phi) is 4.14. The van der Waals surface area contributed by atoms with Crippen molar-refractivity contribution >= 4 is 17.5 Å². The molecule has 0 spiro atoms. The average Bonchev–Trinajstić information content (AvgIpc) is 2.41. The Balaban J connectivity index is 2.21. The molecular weight excluding hydrogens is 264 g/mol. The maximum absolute atomic E-state index is 11.0. The van der Waals surface area contributed by atoms with Gasteiger partial charge in [-0.05, 0) is 39.0 Å². The molecule has 8 heteroatoms. The number of carboxylic acid groups (broad SMARTS) is 1. The summed E-state index contributed by atoms with van der Waals surface area (Å²) < 4.78 is 0. The number of hydrogen-bond donors (Lipinski definition) is 2. The molecule has 20 heavy (non-hydrogen) atoms. The Morgan fingerprint density at radius 3 is 2.70 bits per heavy atom. The SMILES string of the molecule is CN1CCC(Nc2nc(C(=O)O)ccc2[N+](=O)[O-])CC1. The van der Waals surface area contributed by atoms with E-state index in [1.165, 1.54) is 6.07 Å². The topological polar surface area (TPSA) is 109 Å². The van der Waals surface area contributed by atoms with Gasteiger partial charge >= 0.3 is 11.7 Å². The van der Waals surface area contributed by atoms with Crippen molar-refractivity contribution in [3.63, 3.8) is 0 Å². The lowest BCUT2D eigenvalue weighted by molar-refractivity contribution is -0.384. The molecule has 1 fully saturated rings. The van der Waals surface area contributed by atoms with Crippen LogP contribution < -0.4 is 5.32 Å². The summed E-state index contributed by atoms with van der Waals surface area (Å²) in [6.45, 7) is 1.79. The normalized spacial score (nSPS) is 16.9. The molecule has 1 saturated heterocycles. The van der Waals surface area contributed by atoms with Gasteiger partial charge in [-0.25, -0.2) is 9.78 Å². The van der Waals surface area contributed by atoms with Crippen LogP contribution in [0.3, 0.4) is 0 Å². The number of carbonyl (C=O) groups is 1. The monoisotopic (exact) mass is 280 g/mol. The van der Waals surface area contributed by atoms with Gasteiger partial charge in [0.2, 0.25) is 5.82 Å². The van der Waals surface area contributed by atoms with Gasteiger partial charge in [-0.15, -0.1) is 0 Å². The molecule has 1 aromatic rings. The predicted octanol–water partition coefficient (Wildman–Crippen LogP) is 1.19. The first-order chi connectivity index (χ1) is 9.47. The van der Waals surface area contributed by atoms with Crippen LogP contribution in [0.4, 0.5) is 11.5 Å². The lowest BCUT2D eigenvalue weighted by atomic mass is 10.1. The van der Waals surface area contributed by atoms with Crippen molar-refractivity contribution in [2.24, 2.45) is 0 Å². The van der Waals surface area contributed by atoms with Gasteiger partial charge in [0.1, 0.15) is 0 Å². The summed E-state index contributed by atoms with van der Waals surface area (Å²) in [4.78, 5) is 27.3. The van der Waals surface area contributed by atoms with Crippen LogP contribution in [0.1, 0.15) is 23.3 Å². The fourth-order valence-electron chi connectivity index (χ4n) is 2.17. The summed E-state index contributed by atoms with van der Waals surface area (Å²) in [5, 5.41) is 22.9. The quantitative estimate of drug-likeness (QED) is 0.630. The van der Waals surface area contributed by atoms with Gasteiger partial charge in [-0.2, -0.15) is 0 Å². The Labute approximate surface area is 115 Å². The molecule has 1 aliphatic rings. The van der Waals surface area contributed by atoms with E-state index in [2.05, 4.69) is 15.2 Å². The summed E-state index contributed by atoms with van der Waals surface area (Å²) in [6, 6.07) is 2.38. The third kappa shape index (κ3) is 3.21. The van der Waals surface area contributed by atoms with E-state index in [0.717, 1.165) is 32.0 Å². The lowest BCUT2D eigenvalue weighted by Gasteiger charge is -2.29. The van der Waals surface area contributed by atoms with E-state index in [4.69, 9.17) is 5.11 Å². The highest BCUT2D eigenvalue weighted by Gasteiger charge is 2.23. The van der Waals surface area contributed by atoms with Gasteiger partial charge < -0.3 is 15.3 Å². The molecule has 0 aliphatic carbocycles. The Morgan fingerprint density at radius 1 is 1.50 bits per heavy atom. The van der Waals surface area contributed by atoms with Gasteiger partial charge in [0.25, 0.3) is 0 Å². The predicted molar refractivity (Wildman–Crippen MR) is 72.0 cm³/mol. The first kappa shape index (κ1) is 14.2. The molecule has 0 radical (unpaired) electrons. The number of likely N-dealkylation sites (tertiary alicyclic amines) is 1. The van der Waals surface area contributed by atoms with Crippen molar-refractivity contribution in [3.8, 4) is 0 Å². The van der Waals surface area contributed by atoms with E-state index in [0.29, 0.717) is 0 Å². The number of rotatable bonds is 4. The fraction of sp³-hybridized carbons (Fsp3) is 0.500. The van der Waals surface area contributed by atoms with Gasteiger partial charge in [0, 0.05) is 12.1 Å². The number of nitrogens with zero attached hydrogens (tertiary/aromatic N) is 3. The molecule has 0 atom stereocenters. The third-order valence-corrected chi connectivity index (χ3v) is 3.35. The second-order valence-corrected chi connectivity index (χ2v) is 4.85. The van der Waals surface area contributed by atoms with Crippen LogP contribution in [0, 0.1) is 10.1 Å². The van der Waals surface area contributed by atoms with Crippen LogP contribution in [0.25, 0.3) is 0 Å². The second-order valence-electron chi connectivity index (χ2n) is 4.85. The van der Waals surface area contributed by atoms with Crippen LogP contribution in [-0.2, 0) is 0 Å². The number of anilines is 1. The molecular formula is C12H16N4O4. The first-order valence-electron chi connectivity index (χ1n) is 6.31. The zero-order valence-corrected chi connectivity index (χ0v) is 11.1. The second kappa shape index (κ2) is 5.83. The van der Waals surface area contributed by atoms with Crippen molar-refractivity contribution in [2.45, 2.75) is 18.9 Å². The van der Waals surface area contributed by atoms with E-state index in [-0.39, 0.29) is 23.2 Å². The number of carboxylic acids is 1. The van der Waals surface area contributed by atoms with Crippen LogP contribution >= 0.6 is 0 Å². The molecule has 2 heterocycles. The minimum atomic E-state index is -1.20. The minimum absolute atomic E-state index is 0.0319. The largest absolute Gasteiger partial charge is 0.477 e. The smallest absolute Gasteiger partial charge is 0.354 e. The fourth-order valence-corrected chi connectivity index (χ4v) is 2.17. The van der Waals surface area contributed by atoms with Crippen molar-refractivity contribution in [1.82, 2.24) is 9.88 Å². The standard InChI is InChI=1S/C12H16N4O4/c1-15-6-4-8(5-7-15)13-11-10(16(19)20)3-2-9(14-11)12(17)18/h2-3,8H,4-7H2,1H3,(H,13,14)(H,17,18). The Morgan fingerprint density at radius 2 is 2.15 bits per heavy atom. The molecule has 2 rings (SSSR count). The zero-order chi connectivity index (χ0) is 14.7. The number of nitro groups is 1. The number of aromatic nitrogens is 1. The Hall–Kier alpha value is -2.22. The van der Waals surface area contributed by atoms with Gasteiger partial charge in [0.15, 0.2) is 5.69 Å². The van der Waals surface area contributed by atoms with Gasteiger partial charge in [-0.1, -0.05) is 0 Å². The van der Waals surface area contributed by atoms with Crippen LogP contribution in [0.15, 0.2) is 12.1 Å². The zero-order valence-electron chi connectivity index (χ0n) is 11.1. The average molecular weight is 280 g/mol. The van der Waals surface area contributed by atoms with E-state index in [9.17, 15) is 14.9 Å². The van der Waals surface area contributed by atoms with Crippen LogP contribution in [-0.4, -0.2) is 52.1 Å². The molecule has 2 N–H and O–H groups in total. The van der Waals surface area contributed by atoms with Crippen molar-refractivity contribution in [2.75, 3.05) is 25.5 Å². The third-order valence-electron chi connectivity index (χ3n) is 3.35. The minimum Gasteiger partial charge on any atom is -0.477 e. The number of hydrogen-bond acceptors (Lipinski definition) is 6. The highest BCUT2D eigenvalue weighted by atomic mass is 16.6. The molecule has 0 unspecified atom stereocenters. The number of nitrogens with one attached hydrogen (secondary N) is 1.